The van der Waals surface area contributed by atoms with E-state index >= 15 is 0 Å². The number of hydrogen-bond acceptors (Lipinski definition) is 2. The molecule has 3 nitrogen and oxygen atoms in total. The van der Waals surface area contributed by atoms with Gasteiger partial charge in [-0.1, -0.05) is 11.1 Å². The van der Waals surface area contributed by atoms with Crippen LogP contribution in [0.2, 0.25) is 0 Å². The molecule has 0 aliphatic carbocycles. The zero-order valence-corrected chi connectivity index (χ0v) is 8.40. The summed E-state index contributed by atoms with van der Waals surface area (Å²) in [4.78, 5) is 11.5. The summed E-state index contributed by atoms with van der Waals surface area (Å²) in [7, 11) is 0. The summed E-state index contributed by atoms with van der Waals surface area (Å²) in [5.74, 6) is -0.0469. The van der Waals surface area contributed by atoms with Gasteiger partial charge in [0.05, 0.1) is 0 Å². The Bertz CT molecular complexity index is 300. The summed E-state index contributed by atoms with van der Waals surface area (Å²) in [6.07, 6.45) is 0.844. The van der Waals surface area contributed by atoms with Crippen molar-refractivity contribution in [3.05, 3.63) is 22.4 Å². The lowest BCUT2D eigenvalue weighted by Crippen LogP contribution is -2.26. The van der Waals surface area contributed by atoms with Crippen molar-refractivity contribution in [3.63, 3.8) is 0 Å². The Morgan fingerprint density at radius 1 is 1.31 bits per heavy atom. The second-order valence-electron chi connectivity index (χ2n) is 3.50. The fraction of sp³-hybridized carbons (Fsp3) is 0.500. The summed E-state index contributed by atoms with van der Waals surface area (Å²) in [6.45, 7) is 6.22. The normalized spacial score (nSPS) is 18.9. The molecule has 72 valence electrons. The maximum absolute atomic E-state index is 11.5. The topological polar surface area (TPSA) is 55.1 Å². The van der Waals surface area contributed by atoms with E-state index in [1.165, 1.54) is 5.57 Å². The molecule has 1 heterocycles. The van der Waals surface area contributed by atoms with E-state index in [9.17, 15) is 4.79 Å². The Morgan fingerprint density at radius 3 is 2.46 bits per heavy atom. The fourth-order valence-corrected chi connectivity index (χ4v) is 1.45. The molecule has 0 atom stereocenters. The highest BCUT2D eigenvalue weighted by Gasteiger charge is 2.16. The monoisotopic (exact) mass is 180 g/mol. The van der Waals surface area contributed by atoms with Gasteiger partial charge in [-0.3, -0.25) is 4.79 Å². The number of rotatable bonds is 1. The van der Waals surface area contributed by atoms with Crippen LogP contribution in [0.5, 0.6) is 0 Å². The Balaban J connectivity index is 3.05. The molecule has 0 spiro atoms. The third-order valence-corrected chi connectivity index (χ3v) is 2.46. The summed E-state index contributed by atoms with van der Waals surface area (Å²) >= 11 is 0. The van der Waals surface area contributed by atoms with Crippen molar-refractivity contribution in [2.75, 3.05) is 6.54 Å². The highest BCUT2D eigenvalue weighted by atomic mass is 16.1. The quantitative estimate of drug-likeness (QED) is 0.634. The van der Waals surface area contributed by atoms with Gasteiger partial charge in [-0.2, -0.15) is 0 Å². The van der Waals surface area contributed by atoms with E-state index < -0.39 is 0 Å². The van der Waals surface area contributed by atoms with Crippen molar-refractivity contribution in [2.24, 2.45) is 5.73 Å². The molecule has 0 unspecified atom stereocenters. The molecule has 0 fully saturated rings. The van der Waals surface area contributed by atoms with E-state index in [0.717, 1.165) is 23.3 Å². The van der Waals surface area contributed by atoms with E-state index in [1.54, 1.807) is 0 Å². The van der Waals surface area contributed by atoms with Crippen molar-refractivity contribution >= 4 is 5.91 Å². The number of nitrogens with two attached hydrogens (primary N) is 1. The Kier molecular flexibility index (Phi) is 2.88. The summed E-state index contributed by atoms with van der Waals surface area (Å²) in [5.41, 5.74) is 9.46. The Hall–Kier alpha value is -1.09. The van der Waals surface area contributed by atoms with Crippen LogP contribution in [-0.4, -0.2) is 12.5 Å². The van der Waals surface area contributed by atoms with Gasteiger partial charge in [-0.05, 0) is 27.2 Å². The number of carbonyl (C=O) groups excluding carboxylic acids is 1. The van der Waals surface area contributed by atoms with Crippen molar-refractivity contribution in [1.82, 2.24) is 5.32 Å². The van der Waals surface area contributed by atoms with E-state index in [4.69, 9.17) is 5.73 Å². The Morgan fingerprint density at radius 2 is 1.92 bits per heavy atom. The summed E-state index contributed by atoms with van der Waals surface area (Å²) in [5, 5.41) is 2.83. The summed E-state index contributed by atoms with van der Waals surface area (Å²) < 4.78 is 0. The van der Waals surface area contributed by atoms with Gasteiger partial charge >= 0.3 is 0 Å². The minimum Gasteiger partial charge on any atom is -0.326 e. The lowest BCUT2D eigenvalue weighted by molar-refractivity contribution is -0.116. The maximum atomic E-state index is 11.5. The van der Waals surface area contributed by atoms with Gasteiger partial charge < -0.3 is 11.1 Å². The molecule has 0 saturated heterocycles. The summed E-state index contributed by atoms with van der Waals surface area (Å²) in [6, 6.07) is 0. The van der Waals surface area contributed by atoms with Crippen LogP contribution >= 0.6 is 0 Å². The second kappa shape index (κ2) is 3.75. The lowest BCUT2D eigenvalue weighted by Gasteiger charge is -2.05. The third-order valence-electron chi connectivity index (χ3n) is 2.46. The minimum absolute atomic E-state index is 0.0469. The van der Waals surface area contributed by atoms with Crippen molar-refractivity contribution in [3.8, 4) is 0 Å². The molecule has 0 aromatic heterocycles. The van der Waals surface area contributed by atoms with Gasteiger partial charge in [-0.25, -0.2) is 0 Å². The second-order valence-corrected chi connectivity index (χ2v) is 3.50. The zero-order valence-electron chi connectivity index (χ0n) is 8.40. The van der Waals surface area contributed by atoms with Crippen LogP contribution in [0.3, 0.4) is 0 Å². The average Bonchev–Trinajstić information content (AvgIpc) is 2.11. The van der Waals surface area contributed by atoms with Crippen LogP contribution in [0.15, 0.2) is 22.4 Å². The van der Waals surface area contributed by atoms with Crippen molar-refractivity contribution < 1.29 is 4.79 Å². The molecule has 1 aliphatic heterocycles. The lowest BCUT2D eigenvalue weighted by atomic mass is 10.0. The Labute approximate surface area is 78.7 Å². The highest BCUT2D eigenvalue weighted by Crippen LogP contribution is 2.19. The van der Waals surface area contributed by atoms with Crippen LogP contribution in [0.4, 0.5) is 0 Å². The van der Waals surface area contributed by atoms with Gasteiger partial charge in [0.15, 0.2) is 0 Å². The first-order chi connectivity index (χ1) is 6.06. The van der Waals surface area contributed by atoms with Gasteiger partial charge in [0.2, 0.25) is 0 Å². The smallest absolute Gasteiger partial charge is 0.252 e. The first-order valence-corrected chi connectivity index (χ1v) is 4.42. The molecule has 3 heteroatoms. The van der Waals surface area contributed by atoms with E-state index in [2.05, 4.69) is 5.32 Å². The first kappa shape index (κ1) is 9.99. The molecule has 1 rings (SSSR count). The van der Waals surface area contributed by atoms with Crippen LogP contribution in [0.1, 0.15) is 27.2 Å². The first-order valence-electron chi connectivity index (χ1n) is 4.42. The fourth-order valence-electron chi connectivity index (χ4n) is 1.45. The van der Waals surface area contributed by atoms with Crippen LogP contribution in [0, 0.1) is 0 Å². The average molecular weight is 180 g/mol. The van der Waals surface area contributed by atoms with Gasteiger partial charge in [0, 0.05) is 17.8 Å². The van der Waals surface area contributed by atoms with Gasteiger partial charge in [0.1, 0.15) is 0 Å². The number of carbonyl (C=O) groups is 1. The van der Waals surface area contributed by atoms with Crippen molar-refractivity contribution in [2.45, 2.75) is 27.2 Å². The largest absolute Gasteiger partial charge is 0.326 e. The molecule has 0 radical (unpaired) electrons. The molecule has 3 N–H and O–H groups in total. The molecule has 0 aromatic rings. The van der Waals surface area contributed by atoms with E-state index in [1.807, 2.05) is 20.8 Å². The zero-order chi connectivity index (χ0) is 10.0. The third kappa shape index (κ3) is 1.98. The highest BCUT2D eigenvalue weighted by molar-refractivity contribution is 5.96. The number of amides is 1. The number of nitrogens with one attached hydrogen (secondary N) is 1. The SMILES string of the molecule is CC1=C(C)NC(=O)C(CN)=C(C)C1. The molecular weight excluding hydrogens is 164 g/mol. The molecule has 0 saturated carbocycles. The van der Waals surface area contributed by atoms with E-state index in [0.29, 0.717) is 6.54 Å². The standard InChI is InChI=1S/C10H16N2O/c1-6-4-7(2)9(5-11)10(13)12-8(6)3/h4-5,11H2,1-3H3,(H,12,13). The molecule has 13 heavy (non-hydrogen) atoms. The maximum Gasteiger partial charge on any atom is 0.252 e. The minimum atomic E-state index is -0.0469. The number of hydrogen-bond donors (Lipinski definition) is 2. The molecule has 0 aromatic carbocycles. The molecule has 0 bridgehead atoms. The molecular formula is C10H16N2O. The van der Waals surface area contributed by atoms with Crippen LogP contribution in [-0.2, 0) is 4.79 Å². The molecule has 1 amide bonds. The van der Waals surface area contributed by atoms with Gasteiger partial charge in [-0.15, -0.1) is 0 Å². The van der Waals surface area contributed by atoms with Crippen LogP contribution in [0.25, 0.3) is 0 Å². The van der Waals surface area contributed by atoms with E-state index in [-0.39, 0.29) is 5.91 Å². The van der Waals surface area contributed by atoms with Crippen LogP contribution < -0.4 is 11.1 Å². The van der Waals surface area contributed by atoms with Crippen molar-refractivity contribution in [1.29, 1.82) is 0 Å². The van der Waals surface area contributed by atoms with Gasteiger partial charge in [0.25, 0.3) is 5.91 Å². The molecule has 1 aliphatic rings. The predicted molar refractivity (Wildman–Crippen MR) is 52.9 cm³/mol. The number of allylic oxidation sites excluding steroid dienone is 3. The predicted octanol–water partition coefficient (Wildman–Crippen LogP) is 1.08.